The average Bonchev–Trinajstić information content (AvgIpc) is 2.83. The maximum atomic E-state index is 12.5. The van der Waals surface area contributed by atoms with Crippen LogP contribution in [0.5, 0.6) is 0 Å². The van der Waals surface area contributed by atoms with E-state index in [-0.39, 0.29) is 11.9 Å². The average molecular weight is 289 g/mol. The van der Waals surface area contributed by atoms with Gasteiger partial charge in [-0.25, -0.2) is 0 Å². The standard InChI is InChI=1S/C17H27N3O/c1-4-20(5-2)14-10-8-13(9-11-14)19-16(21)17(3)12-6-7-15(17)18/h8-11,15H,4-7,12,18H2,1-3H3,(H,19,21). The lowest BCUT2D eigenvalue weighted by Gasteiger charge is -2.27. The van der Waals surface area contributed by atoms with Gasteiger partial charge in [-0.1, -0.05) is 6.42 Å². The summed E-state index contributed by atoms with van der Waals surface area (Å²) in [6.45, 7) is 8.22. The molecule has 2 unspecified atom stereocenters. The van der Waals surface area contributed by atoms with E-state index in [0.29, 0.717) is 0 Å². The second-order valence-corrected chi connectivity index (χ2v) is 6.09. The minimum Gasteiger partial charge on any atom is -0.372 e. The molecule has 1 saturated carbocycles. The lowest BCUT2D eigenvalue weighted by Crippen LogP contribution is -2.44. The van der Waals surface area contributed by atoms with Crippen molar-refractivity contribution in [1.82, 2.24) is 0 Å². The number of nitrogens with two attached hydrogens (primary N) is 1. The topological polar surface area (TPSA) is 58.4 Å². The molecule has 1 fully saturated rings. The molecule has 0 bridgehead atoms. The molecule has 3 N–H and O–H groups in total. The van der Waals surface area contributed by atoms with Crippen molar-refractivity contribution >= 4 is 17.3 Å². The third kappa shape index (κ3) is 3.21. The highest BCUT2D eigenvalue weighted by atomic mass is 16.2. The van der Waals surface area contributed by atoms with Gasteiger partial charge in [0.25, 0.3) is 0 Å². The summed E-state index contributed by atoms with van der Waals surface area (Å²) in [4.78, 5) is 14.8. The van der Waals surface area contributed by atoms with E-state index in [9.17, 15) is 4.79 Å². The highest BCUT2D eigenvalue weighted by Crippen LogP contribution is 2.37. The van der Waals surface area contributed by atoms with Crippen molar-refractivity contribution in [3.63, 3.8) is 0 Å². The van der Waals surface area contributed by atoms with Crippen LogP contribution in [0.1, 0.15) is 40.0 Å². The molecule has 0 aliphatic heterocycles. The Labute approximate surface area is 127 Å². The Hall–Kier alpha value is -1.55. The van der Waals surface area contributed by atoms with Crippen LogP contribution in [-0.4, -0.2) is 25.0 Å². The lowest BCUT2D eigenvalue weighted by atomic mass is 9.84. The fourth-order valence-corrected chi connectivity index (χ4v) is 3.09. The molecule has 1 aliphatic rings. The summed E-state index contributed by atoms with van der Waals surface area (Å²) in [6.07, 6.45) is 2.84. The van der Waals surface area contributed by atoms with Crippen LogP contribution in [0, 0.1) is 5.41 Å². The normalized spacial score (nSPS) is 24.9. The van der Waals surface area contributed by atoms with Crippen LogP contribution in [0.25, 0.3) is 0 Å². The van der Waals surface area contributed by atoms with Crippen molar-refractivity contribution in [2.24, 2.45) is 11.1 Å². The first-order valence-corrected chi connectivity index (χ1v) is 7.93. The first-order valence-electron chi connectivity index (χ1n) is 7.93. The summed E-state index contributed by atoms with van der Waals surface area (Å²) in [6, 6.07) is 8.01. The highest BCUT2D eigenvalue weighted by Gasteiger charge is 2.42. The molecular formula is C17H27N3O. The van der Waals surface area contributed by atoms with Gasteiger partial charge in [-0.15, -0.1) is 0 Å². The summed E-state index contributed by atoms with van der Waals surface area (Å²) in [5, 5.41) is 3.02. The lowest BCUT2D eigenvalue weighted by molar-refractivity contribution is -0.125. The van der Waals surface area contributed by atoms with Crippen LogP contribution >= 0.6 is 0 Å². The van der Waals surface area contributed by atoms with Gasteiger partial charge in [0.15, 0.2) is 0 Å². The molecule has 0 spiro atoms. The SMILES string of the molecule is CCN(CC)c1ccc(NC(=O)C2(C)CCCC2N)cc1. The smallest absolute Gasteiger partial charge is 0.231 e. The molecule has 21 heavy (non-hydrogen) atoms. The molecule has 0 heterocycles. The summed E-state index contributed by atoms with van der Waals surface area (Å²) < 4.78 is 0. The van der Waals surface area contributed by atoms with Crippen molar-refractivity contribution in [2.75, 3.05) is 23.3 Å². The molecular weight excluding hydrogens is 262 g/mol. The first kappa shape index (κ1) is 15.8. The Morgan fingerprint density at radius 3 is 2.43 bits per heavy atom. The predicted molar refractivity (Wildman–Crippen MR) is 88.6 cm³/mol. The van der Waals surface area contributed by atoms with Crippen molar-refractivity contribution in [2.45, 2.75) is 46.1 Å². The number of hydrogen-bond acceptors (Lipinski definition) is 3. The van der Waals surface area contributed by atoms with Gasteiger partial charge >= 0.3 is 0 Å². The van der Waals surface area contributed by atoms with E-state index in [2.05, 4.69) is 36.2 Å². The zero-order valence-electron chi connectivity index (χ0n) is 13.4. The fourth-order valence-electron chi connectivity index (χ4n) is 3.09. The van der Waals surface area contributed by atoms with E-state index in [4.69, 9.17) is 5.73 Å². The minimum absolute atomic E-state index is 0.0348. The molecule has 4 nitrogen and oxygen atoms in total. The molecule has 0 radical (unpaired) electrons. The first-order chi connectivity index (χ1) is 10.0. The van der Waals surface area contributed by atoms with Gasteiger partial charge in [0.2, 0.25) is 5.91 Å². The van der Waals surface area contributed by atoms with Crippen molar-refractivity contribution in [1.29, 1.82) is 0 Å². The van der Waals surface area contributed by atoms with Crippen molar-refractivity contribution in [3.8, 4) is 0 Å². The molecule has 0 aromatic heterocycles. The second kappa shape index (κ2) is 6.48. The van der Waals surface area contributed by atoms with Crippen LogP contribution in [-0.2, 0) is 4.79 Å². The zero-order valence-corrected chi connectivity index (χ0v) is 13.4. The summed E-state index contributed by atoms with van der Waals surface area (Å²) >= 11 is 0. The predicted octanol–water partition coefficient (Wildman–Crippen LogP) is 2.99. The number of amides is 1. The van der Waals surface area contributed by atoms with Gasteiger partial charge < -0.3 is 16.0 Å². The van der Waals surface area contributed by atoms with Gasteiger partial charge in [0.1, 0.15) is 0 Å². The largest absolute Gasteiger partial charge is 0.372 e. The molecule has 1 amide bonds. The van der Waals surface area contributed by atoms with Crippen LogP contribution in [0.4, 0.5) is 11.4 Å². The monoisotopic (exact) mass is 289 g/mol. The Bertz CT molecular complexity index is 481. The number of rotatable bonds is 5. The second-order valence-electron chi connectivity index (χ2n) is 6.09. The third-order valence-electron chi connectivity index (χ3n) is 4.80. The molecule has 2 atom stereocenters. The molecule has 4 heteroatoms. The van der Waals surface area contributed by atoms with Crippen molar-refractivity contribution in [3.05, 3.63) is 24.3 Å². The van der Waals surface area contributed by atoms with E-state index < -0.39 is 5.41 Å². The summed E-state index contributed by atoms with van der Waals surface area (Å²) in [5.74, 6) is 0.0445. The molecule has 116 valence electrons. The number of benzene rings is 1. The van der Waals surface area contributed by atoms with Gasteiger partial charge in [-0.3, -0.25) is 4.79 Å². The Morgan fingerprint density at radius 2 is 1.95 bits per heavy atom. The molecule has 0 saturated heterocycles. The minimum atomic E-state index is -0.433. The number of hydrogen-bond donors (Lipinski definition) is 2. The number of nitrogens with zero attached hydrogens (tertiary/aromatic N) is 1. The molecule has 2 rings (SSSR count). The zero-order chi connectivity index (χ0) is 15.5. The van der Waals surface area contributed by atoms with Crippen LogP contribution in [0.2, 0.25) is 0 Å². The molecule has 1 aromatic carbocycles. The van der Waals surface area contributed by atoms with E-state index in [1.807, 2.05) is 19.1 Å². The summed E-state index contributed by atoms with van der Waals surface area (Å²) in [5.41, 5.74) is 7.69. The molecule has 1 aliphatic carbocycles. The third-order valence-corrected chi connectivity index (χ3v) is 4.80. The van der Waals surface area contributed by atoms with Gasteiger partial charge in [0, 0.05) is 30.5 Å². The highest BCUT2D eigenvalue weighted by molar-refractivity contribution is 5.96. The van der Waals surface area contributed by atoms with Crippen LogP contribution in [0.15, 0.2) is 24.3 Å². The van der Waals surface area contributed by atoms with E-state index in [0.717, 1.165) is 38.0 Å². The number of carbonyl (C=O) groups is 1. The molecule has 1 aromatic rings. The number of carbonyl (C=O) groups excluding carboxylic acids is 1. The Kier molecular flexibility index (Phi) is 4.88. The maximum Gasteiger partial charge on any atom is 0.231 e. The van der Waals surface area contributed by atoms with Crippen LogP contribution < -0.4 is 16.0 Å². The quantitative estimate of drug-likeness (QED) is 0.876. The van der Waals surface area contributed by atoms with Crippen LogP contribution in [0.3, 0.4) is 0 Å². The summed E-state index contributed by atoms with van der Waals surface area (Å²) in [7, 11) is 0. The van der Waals surface area contributed by atoms with E-state index in [1.165, 1.54) is 5.69 Å². The van der Waals surface area contributed by atoms with E-state index in [1.54, 1.807) is 0 Å². The maximum absolute atomic E-state index is 12.5. The van der Waals surface area contributed by atoms with Crippen molar-refractivity contribution < 1.29 is 4.79 Å². The van der Waals surface area contributed by atoms with E-state index >= 15 is 0 Å². The van der Waals surface area contributed by atoms with Gasteiger partial charge in [-0.2, -0.15) is 0 Å². The number of anilines is 2. The Balaban J connectivity index is 2.05. The van der Waals surface area contributed by atoms with Gasteiger partial charge in [-0.05, 0) is 57.9 Å². The number of nitrogens with one attached hydrogen (secondary N) is 1. The fraction of sp³-hybridized carbons (Fsp3) is 0.588. The Morgan fingerprint density at radius 1 is 1.33 bits per heavy atom. The van der Waals surface area contributed by atoms with Gasteiger partial charge in [0.05, 0.1) is 5.41 Å².